The Morgan fingerprint density at radius 3 is 2.41 bits per heavy atom. The Morgan fingerprint density at radius 1 is 1.14 bits per heavy atom. The molecule has 0 unspecified atom stereocenters. The highest BCUT2D eigenvalue weighted by atomic mass is 35.5. The number of rotatable bonds is 4. The molecule has 3 aliphatic heterocycles. The molecule has 5 rings (SSSR count). The molecule has 1 spiro atoms. The summed E-state index contributed by atoms with van der Waals surface area (Å²) in [5.41, 5.74) is 6.18. The number of hydrogen-bond acceptors (Lipinski definition) is 6. The lowest BCUT2D eigenvalue weighted by Gasteiger charge is -2.33. The highest BCUT2D eigenvalue weighted by molar-refractivity contribution is 6.35. The maximum absolute atomic E-state index is 14.2. The van der Waals surface area contributed by atoms with Crippen LogP contribution in [0.1, 0.15) is 23.5 Å². The Morgan fingerprint density at radius 2 is 1.81 bits per heavy atom. The molecule has 2 N–H and O–H groups in total. The van der Waals surface area contributed by atoms with Crippen LogP contribution in [0.5, 0.6) is 0 Å². The number of carbonyl (C=O) groups is 3. The molecule has 2 aromatic rings. The first-order chi connectivity index (χ1) is 17.6. The number of carbonyl (C=O) groups excluding carboxylic acids is 3. The summed E-state index contributed by atoms with van der Waals surface area (Å²) in [5.74, 6) is -1.08. The van der Waals surface area contributed by atoms with Crippen molar-refractivity contribution in [3.05, 3.63) is 63.6 Å². The second-order valence-electron chi connectivity index (χ2n) is 9.88. The van der Waals surface area contributed by atoms with Crippen LogP contribution in [0, 0.1) is 11.3 Å². The average Bonchev–Trinajstić information content (AvgIpc) is 3.51. The van der Waals surface area contributed by atoms with E-state index >= 15 is 0 Å². The van der Waals surface area contributed by atoms with Gasteiger partial charge < -0.3 is 15.5 Å². The number of amides is 4. The zero-order valence-corrected chi connectivity index (χ0v) is 21.7. The van der Waals surface area contributed by atoms with Gasteiger partial charge in [-0.05, 0) is 42.3 Å². The molecule has 2 aromatic carbocycles. The number of likely N-dealkylation sites (N-methyl/N-ethyl adjacent to an activating group) is 1. The molecule has 0 aliphatic carbocycles. The van der Waals surface area contributed by atoms with Crippen molar-refractivity contribution in [2.75, 3.05) is 44.7 Å². The molecule has 0 aromatic heterocycles. The summed E-state index contributed by atoms with van der Waals surface area (Å²) >= 11 is 12.4. The van der Waals surface area contributed by atoms with E-state index in [2.05, 4.69) is 6.07 Å². The van der Waals surface area contributed by atoms with Crippen LogP contribution in [0.25, 0.3) is 0 Å². The van der Waals surface area contributed by atoms with Crippen molar-refractivity contribution in [1.29, 1.82) is 5.26 Å². The van der Waals surface area contributed by atoms with Crippen molar-refractivity contribution in [3.8, 4) is 6.07 Å². The second kappa shape index (κ2) is 9.62. The Labute approximate surface area is 224 Å². The summed E-state index contributed by atoms with van der Waals surface area (Å²) in [6.45, 7) is 1.87. The summed E-state index contributed by atoms with van der Waals surface area (Å²) in [4.78, 5) is 47.3. The predicted molar refractivity (Wildman–Crippen MR) is 139 cm³/mol. The van der Waals surface area contributed by atoms with E-state index in [1.807, 2.05) is 4.90 Å². The first kappa shape index (κ1) is 25.5. The van der Waals surface area contributed by atoms with E-state index in [1.54, 1.807) is 36.2 Å². The number of anilines is 1. The SMILES string of the molecule is CN1C(=O)N(c2cc(Cl)cc(Cl)c2)C(=O)[C@]12CN(C(=O)CN1CC[C@H](N)C1)C[C@H]2c1ccc(C#N)cc1. The molecule has 4 amide bonds. The van der Waals surface area contributed by atoms with E-state index in [4.69, 9.17) is 28.9 Å². The molecule has 3 saturated heterocycles. The van der Waals surface area contributed by atoms with Gasteiger partial charge in [-0.2, -0.15) is 5.26 Å². The van der Waals surface area contributed by atoms with Crippen LogP contribution in [0.4, 0.5) is 10.5 Å². The maximum atomic E-state index is 14.2. The monoisotopic (exact) mass is 540 g/mol. The lowest BCUT2D eigenvalue weighted by molar-refractivity contribution is -0.132. The Bertz CT molecular complexity index is 1290. The molecular formula is C26H26Cl2N6O3. The fourth-order valence-electron chi connectivity index (χ4n) is 5.69. The first-order valence-corrected chi connectivity index (χ1v) is 12.7. The van der Waals surface area contributed by atoms with Crippen molar-refractivity contribution in [2.45, 2.75) is 23.9 Å². The minimum absolute atomic E-state index is 0.0439. The van der Waals surface area contributed by atoms with Crippen molar-refractivity contribution < 1.29 is 14.4 Å². The van der Waals surface area contributed by atoms with Gasteiger partial charge in [0.2, 0.25) is 5.91 Å². The molecule has 0 radical (unpaired) electrons. The standard InChI is InChI=1S/C26H26Cl2N6O3/c1-31-25(37)34(21-9-18(27)8-19(28)10-21)24(36)26(31)15-33(23(35)14-32-7-6-20(30)12-32)13-22(26)17-4-2-16(11-29)3-5-17/h2-5,8-10,20,22H,6-7,12-15,30H2,1H3/t20-,22-,26+/m0/s1. The van der Waals surface area contributed by atoms with Crippen LogP contribution in [0.3, 0.4) is 0 Å². The number of urea groups is 1. The molecule has 9 nitrogen and oxygen atoms in total. The van der Waals surface area contributed by atoms with Gasteiger partial charge in [0.05, 0.1) is 30.4 Å². The maximum Gasteiger partial charge on any atom is 0.332 e. The zero-order chi connectivity index (χ0) is 26.5. The molecule has 11 heteroatoms. The number of nitrogens with zero attached hydrogens (tertiary/aromatic N) is 5. The van der Waals surface area contributed by atoms with Gasteiger partial charge in [0.25, 0.3) is 5.91 Å². The number of halogens is 2. The number of nitriles is 1. The summed E-state index contributed by atoms with van der Waals surface area (Å²) in [7, 11) is 1.58. The van der Waals surface area contributed by atoms with Gasteiger partial charge in [0.15, 0.2) is 0 Å². The minimum atomic E-state index is -1.34. The van der Waals surface area contributed by atoms with Gasteiger partial charge in [0, 0.05) is 48.7 Å². The zero-order valence-electron chi connectivity index (χ0n) is 20.2. The third kappa shape index (κ3) is 4.34. The Balaban J connectivity index is 1.53. The molecular weight excluding hydrogens is 515 g/mol. The average molecular weight is 541 g/mol. The molecule has 3 heterocycles. The number of hydrogen-bond donors (Lipinski definition) is 1. The third-order valence-electron chi connectivity index (χ3n) is 7.63. The van der Waals surface area contributed by atoms with E-state index in [-0.39, 0.29) is 37.3 Å². The van der Waals surface area contributed by atoms with Crippen LogP contribution < -0.4 is 10.6 Å². The van der Waals surface area contributed by atoms with Gasteiger partial charge in [-0.25, -0.2) is 9.69 Å². The van der Waals surface area contributed by atoms with E-state index in [1.165, 1.54) is 23.1 Å². The second-order valence-corrected chi connectivity index (χ2v) is 10.8. The van der Waals surface area contributed by atoms with Crippen LogP contribution in [0.2, 0.25) is 10.0 Å². The Kier molecular flexibility index (Phi) is 6.62. The summed E-state index contributed by atoms with van der Waals surface area (Å²) < 4.78 is 0. The topological polar surface area (TPSA) is 114 Å². The molecule has 192 valence electrons. The largest absolute Gasteiger partial charge is 0.338 e. The number of likely N-dealkylation sites (tertiary alicyclic amines) is 2. The summed E-state index contributed by atoms with van der Waals surface area (Å²) in [6, 6.07) is 13.1. The van der Waals surface area contributed by atoms with E-state index in [0.717, 1.165) is 23.4 Å². The van der Waals surface area contributed by atoms with Crippen molar-refractivity contribution in [1.82, 2.24) is 14.7 Å². The fraction of sp³-hybridized carbons (Fsp3) is 0.385. The van der Waals surface area contributed by atoms with Crippen molar-refractivity contribution in [2.24, 2.45) is 5.73 Å². The summed E-state index contributed by atoms with van der Waals surface area (Å²) in [6.07, 6.45) is 0.831. The van der Waals surface area contributed by atoms with E-state index < -0.39 is 23.4 Å². The van der Waals surface area contributed by atoms with Crippen LogP contribution in [-0.4, -0.2) is 83.9 Å². The quantitative estimate of drug-likeness (QED) is 0.596. The molecule has 3 aliphatic rings. The van der Waals surface area contributed by atoms with E-state index in [9.17, 15) is 19.6 Å². The van der Waals surface area contributed by atoms with Crippen LogP contribution in [0.15, 0.2) is 42.5 Å². The Hall–Kier alpha value is -3.16. The number of imide groups is 1. The summed E-state index contributed by atoms with van der Waals surface area (Å²) in [5, 5.41) is 9.83. The normalized spacial score (nSPS) is 26.0. The van der Waals surface area contributed by atoms with Gasteiger partial charge in [-0.15, -0.1) is 0 Å². The minimum Gasteiger partial charge on any atom is -0.338 e. The number of nitrogens with two attached hydrogens (primary N) is 1. The lowest BCUT2D eigenvalue weighted by atomic mass is 9.80. The smallest absolute Gasteiger partial charge is 0.332 e. The molecule has 3 fully saturated rings. The van der Waals surface area contributed by atoms with Gasteiger partial charge in [-0.3, -0.25) is 14.5 Å². The van der Waals surface area contributed by atoms with Crippen LogP contribution >= 0.6 is 23.2 Å². The highest BCUT2D eigenvalue weighted by Gasteiger charge is 2.65. The molecule has 3 atom stereocenters. The van der Waals surface area contributed by atoms with E-state index in [0.29, 0.717) is 22.2 Å². The third-order valence-corrected chi connectivity index (χ3v) is 8.07. The van der Waals surface area contributed by atoms with Gasteiger partial charge in [-0.1, -0.05) is 35.3 Å². The lowest BCUT2D eigenvalue weighted by Crippen LogP contribution is -2.54. The molecule has 37 heavy (non-hydrogen) atoms. The fourth-order valence-corrected chi connectivity index (χ4v) is 6.21. The number of benzene rings is 2. The predicted octanol–water partition coefficient (Wildman–Crippen LogP) is 2.66. The molecule has 0 saturated carbocycles. The molecule has 0 bridgehead atoms. The highest BCUT2D eigenvalue weighted by Crippen LogP contribution is 2.46. The van der Waals surface area contributed by atoms with Gasteiger partial charge >= 0.3 is 6.03 Å². The van der Waals surface area contributed by atoms with Crippen molar-refractivity contribution >= 4 is 46.7 Å². The first-order valence-electron chi connectivity index (χ1n) is 12.0. The van der Waals surface area contributed by atoms with Gasteiger partial charge in [0.1, 0.15) is 5.54 Å². The van der Waals surface area contributed by atoms with Crippen molar-refractivity contribution in [3.63, 3.8) is 0 Å². The van der Waals surface area contributed by atoms with Crippen LogP contribution in [-0.2, 0) is 9.59 Å².